The molecule has 102 valence electrons. The van der Waals surface area contributed by atoms with Crippen molar-refractivity contribution < 1.29 is 14.7 Å². The summed E-state index contributed by atoms with van der Waals surface area (Å²) in [5.74, 6) is -1.17. The molecule has 1 heterocycles. The molecule has 1 aliphatic heterocycles. The van der Waals surface area contributed by atoms with Crippen molar-refractivity contribution in [1.29, 1.82) is 0 Å². The van der Waals surface area contributed by atoms with E-state index < -0.39 is 12.0 Å². The molecule has 5 heteroatoms. The van der Waals surface area contributed by atoms with Crippen LogP contribution in [0, 0.1) is 13.8 Å². The van der Waals surface area contributed by atoms with E-state index in [1.165, 1.54) is 4.90 Å². The van der Waals surface area contributed by atoms with Gasteiger partial charge in [-0.05, 0) is 43.5 Å². The maximum absolute atomic E-state index is 12.1. The van der Waals surface area contributed by atoms with Gasteiger partial charge in [0.2, 0.25) is 5.91 Å². The summed E-state index contributed by atoms with van der Waals surface area (Å²) in [5.41, 5.74) is 3.64. The molecule has 1 atom stereocenters. The molecule has 1 amide bonds. The van der Waals surface area contributed by atoms with Crippen molar-refractivity contribution >= 4 is 23.3 Å². The van der Waals surface area contributed by atoms with Gasteiger partial charge in [-0.15, -0.1) is 0 Å². The van der Waals surface area contributed by atoms with E-state index in [1.807, 2.05) is 26.0 Å². The van der Waals surface area contributed by atoms with Crippen LogP contribution in [0.4, 0.5) is 11.4 Å². The lowest BCUT2D eigenvalue weighted by molar-refractivity contribution is -0.140. The van der Waals surface area contributed by atoms with Gasteiger partial charge in [0.15, 0.2) is 0 Å². The highest BCUT2D eigenvalue weighted by Crippen LogP contribution is 2.34. The molecule has 2 N–H and O–H groups in total. The fraction of sp³-hybridized carbons (Fsp3) is 0.429. The molecule has 19 heavy (non-hydrogen) atoms. The highest BCUT2D eigenvalue weighted by Gasteiger charge is 2.33. The number of aliphatic carboxylic acids is 1. The predicted molar refractivity (Wildman–Crippen MR) is 73.6 cm³/mol. The zero-order valence-electron chi connectivity index (χ0n) is 11.4. The van der Waals surface area contributed by atoms with Gasteiger partial charge in [0.05, 0.1) is 17.9 Å². The van der Waals surface area contributed by atoms with Crippen molar-refractivity contribution in [1.82, 2.24) is 0 Å². The minimum atomic E-state index is -0.970. The monoisotopic (exact) mass is 262 g/mol. The van der Waals surface area contributed by atoms with Crippen LogP contribution in [0.3, 0.4) is 0 Å². The maximum Gasteiger partial charge on any atom is 0.326 e. The van der Waals surface area contributed by atoms with E-state index in [-0.39, 0.29) is 12.5 Å². The number of aryl methyl sites for hydroxylation is 2. The first-order valence-electron chi connectivity index (χ1n) is 6.35. The molecule has 1 aromatic carbocycles. The Bertz CT molecular complexity index is 540. The molecule has 0 saturated heterocycles. The number of nitrogens with one attached hydrogen (secondary N) is 1. The summed E-state index contributed by atoms with van der Waals surface area (Å²) in [6.45, 7) is 5.86. The fourth-order valence-corrected chi connectivity index (χ4v) is 2.34. The smallest absolute Gasteiger partial charge is 0.326 e. The number of fused-ring (bicyclic) bond motifs is 1. The summed E-state index contributed by atoms with van der Waals surface area (Å²) < 4.78 is 0. The summed E-state index contributed by atoms with van der Waals surface area (Å²) in [6.07, 6.45) is 0.382. The molecular weight excluding hydrogens is 244 g/mol. The van der Waals surface area contributed by atoms with E-state index in [0.717, 1.165) is 16.8 Å². The van der Waals surface area contributed by atoms with Gasteiger partial charge in [-0.2, -0.15) is 0 Å². The fourth-order valence-electron chi connectivity index (χ4n) is 2.34. The lowest BCUT2D eigenvalue weighted by Gasteiger charge is -2.34. The highest BCUT2D eigenvalue weighted by molar-refractivity contribution is 6.06. The van der Waals surface area contributed by atoms with E-state index in [0.29, 0.717) is 12.1 Å². The molecule has 0 aromatic heterocycles. The SMILES string of the molecule is CCC(C(=O)O)N1C(=O)CNc2cc(C)c(C)cc21. The topological polar surface area (TPSA) is 69.6 Å². The molecular formula is C14H18N2O3. The number of carboxylic acid groups (broad SMARTS) is 1. The van der Waals surface area contributed by atoms with Crippen molar-refractivity contribution in [2.45, 2.75) is 33.2 Å². The summed E-state index contributed by atoms with van der Waals surface area (Å²) in [5, 5.41) is 12.3. The number of carboxylic acids is 1. The molecule has 0 aliphatic carbocycles. The van der Waals surface area contributed by atoms with Crippen LogP contribution in [-0.4, -0.2) is 29.6 Å². The Morgan fingerprint density at radius 1 is 1.42 bits per heavy atom. The van der Waals surface area contributed by atoms with Crippen molar-refractivity contribution in [3.8, 4) is 0 Å². The molecule has 2 rings (SSSR count). The van der Waals surface area contributed by atoms with Crippen LogP contribution in [0.5, 0.6) is 0 Å². The van der Waals surface area contributed by atoms with Gasteiger partial charge in [-0.25, -0.2) is 4.79 Å². The maximum atomic E-state index is 12.1. The van der Waals surface area contributed by atoms with Gasteiger partial charge in [0, 0.05) is 0 Å². The van der Waals surface area contributed by atoms with Crippen molar-refractivity contribution in [2.24, 2.45) is 0 Å². The third-order valence-corrected chi connectivity index (χ3v) is 3.55. The molecule has 1 unspecified atom stereocenters. The zero-order chi connectivity index (χ0) is 14.2. The normalized spacial score (nSPS) is 15.7. The van der Waals surface area contributed by atoms with Crippen LogP contribution in [-0.2, 0) is 9.59 Å². The average molecular weight is 262 g/mol. The quantitative estimate of drug-likeness (QED) is 0.873. The molecule has 1 aliphatic rings. The lowest BCUT2D eigenvalue weighted by atomic mass is 10.0. The van der Waals surface area contributed by atoms with E-state index >= 15 is 0 Å². The van der Waals surface area contributed by atoms with Crippen LogP contribution in [0.2, 0.25) is 0 Å². The van der Waals surface area contributed by atoms with Crippen LogP contribution in [0.1, 0.15) is 24.5 Å². The van der Waals surface area contributed by atoms with Crippen LogP contribution in [0.15, 0.2) is 12.1 Å². The standard InChI is InChI=1S/C14H18N2O3/c1-4-11(14(18)19)16-12-6-9(3)8(2)5-10(12)15-7-13(16)17/h5-6,11,15H,4,7H2,1-3H3,(H,18,19). The van der Waals surface area contributed by atoms with Crippen molar-refractivity contribution in [2.75, 3.05) is 16.8 Å². The summed E-state index contributed by atoms with van der Waals surface area (Å²) >= 11 is 0. The van der Waals surface area contributed by atoms with E-state index in [2.05, 4.69) is 5.32 Å². The van der Waals surface area contributed by atoms with Gasteiger partial charge in [0.1, 0.15) is 6.04 Å². The number of hydrogen-bond donors (Lipinski definition) is 2. The Morgan fingerprint density at radius 2 is 2.05 bits per heavy atom. The lowest BCUT2D eigenvalue weighted by Crippen LogP contribution is -2.49. The summed E-state index contributed by atoms with van der Waals surface area (Å²) in [7, 11) is 0. The van der Waals surface area contributed by atoms with Gasteiger partial charge < -0.3 is 10.4 Å². The van der Waals surface area contributed by atoms with Crippen molar-refractivity contribution in [3.63, 3.8) is 0 Å². The first kappa shape index (κ1) is 13.4. The second-order valence-electron chi connectivity index (χ2n) is 4.83. The summed E-state index contributed by atoms with van der Waals surface area (Å²) in [4.78, 5) is 24.8. The molecule has 0 radical (unpaired) electrons. The third kappa shape index (κ3) is 2.28. The number of benzene rings is 1. The van der Waals surface area contributed by atoms with Crippen LogP contribution in [0.25, 0.3) is 0 Å². The minimum absolute atomic E-state index is 0.138. The van der Waals surface area contributed by atoms with Crippen LogP contribution >= 0.6 is 0 Å². The number of hydrogen-bond acceptors (Lipinski definition) is 3. The second kappa shape index (κ2) is 4.91. The minimum Gasteiger partial charge on any atom is -0.480 e. The molecule has 1 aromatic rings. The number of amides is 1. The number of rotatable bonds is 3. The first-order valence-corrected chi connectivity index (χ1v) is 6.35. The van der Waals surface area contributed by atoms with Gasteiger partial charge in [-0.1, -0.05) is 6.92 Å². The van der Waals surface area contributed by atoms with Crippen LogP contribution < -0.4 is 10.2 Å². The summed E-state index contributed by atoms with van der Waals surface area (Å²) in [6, 6.07) is 3.02. The highest BCUT2D eigenvalue weighted by atomic mass is 16.4. The van der Waals surface area contributed by atoms with Gasteiger partial charge >= 0.3 is 5.97 Å². The molecule has 5 nitrogen and oxygen atoms in total. The molecule has 0 bridgehead atoms. The Hall–Kier alpha value is -2.04. The largest absolute Gasteiger partial charge is 0.480 e. The predicted octanol–water partition coefficient (Wildman–Crippen LogP) is 1.93. The second-order valence-corrected chi connectivity index (χ2v) is 4.83. The number of carbonyl (C=O) groups is 2. The molecule has 0 spiro atoms. The van der Waals surface area contributed by atoms with Gasteiger partial charge in [-0.3, -0.25) is 9.69 Å². The first-order chi connectivity index (χ1) is 8.95. The zero-order valence-corrected chi connectivity index (χ0v) is 11.4. The Balaban J connectivity index is 2.54. The Morgan fingerprint density at radius 3 is 2.63 bits per heavy atom. The number of carbonyl (C=O) groups excluding carboxylic acids is 1. The van der Waals surface area contributed by atoms with Gasteiger partial charge in [0.25, 0.3) is 0 Å². The van der Waals surface area contributed by atoms with E-state index in [9.17, 15) is 14.7 Å². The van der Waals surface area contributed by atoms with E-state index in [4.69, 9.17) is 0 Å². The number of nitrogens with zero attached hydrogens (tertiary/aromatic N) is 1. The molecule has 0 fully saturated rings. The number of anilines is 2. The third-order valence-electron chi connectivity index (χ3n) is 3.55. The Labute approximate surface area is 112 Å². The Kier molecular flexibility index (Phi) is 3.46. The van der Waals surface area contributed by atoms with E-state index in [1.54, 1.807) is 6.92 Å². The molecule has 0 saturated carbocycles. The van der Waals surface area contributed by atoms with Crippen molar-refractivity contribution in [3.05, 3.63) is 23.3 Å². The average Bonchev–Trinajstić information content (AvgIpc) is 2.35.